The molecule has 1 atom stereocenters. The van der Waals surface area contributed by atoms with Crippen molar-refractivity contribution in [2.45, 2.75) is 26.3 Å². The molecule has 0 aliphatic rings. The van der Waals surface area contributed by atoms with Crippen molar-refractivity contribution in [3.63, 3.8) is 0 Å². The van der Waals surface area contributed by atoms with Crippen LogP contribution in [0.5, 0.6) is 0 Å². The molecule has 0 radical (unpaired) electrons. The fourth-order valence-electron chi connectivity index (χ4n) is 1.30. The largest absolute Gasteiger partial charge is 0.374 e. The zero-order valence-corrected chi connectivity index (χ0v) is 9.89. The van der Waals surface area contributed by atoms with Gasteiger partial charge in [-0.3, -0.25) is 4.79 Å². The summed E-state index contributed by atoms with van der Waals surface area (Å²) in [4.78, 5) is 11.5. The Balaban J connectivity index is 2.58. The number of benzene rings is 1. The molecule has 1 rings (SSSR count). The predicted molar refractivity (Wildman–Crippen MR) is 62.7 cm³/mol. The molecular formula is C12H16F2N2O. The quantitative estimate of drug-likeness (QED) is 0.831. The van der Waals surface area contributed by atoms with Gasteiger partial charge in [-0.15, -0.1) is 0 Å². The fourth-order valence-corrected chi connectivity index (χ4v) is 1.30. The van der Waals surface area contributed by atoms with Crippen LogP contribution in [0, 0.1) is 11.6 Å². The Hall–Kier alpha value is -1.65. The van der Waals surface area contributed by atoms with Crippen molar-refractivity contribution in [3.8, 4) is 0 Å². The summed E-state index contributed by atoms with van der Waals surface area (Å²) in [6.07, 6.45) is 0.851. The van der Waals surface area contributed by atoms with Crippen molar-refractivity contribution >= 4 is 11.6 Å². The van der Waals surface area contributed by atoms with Gasteiger partial charge in [-0.25, -0.2) is 8.78 Å². The molecule has 1 amide bonds. The van der Waals surface area contributed by atoms with Gasteiger partial charge in [0.15, 0.2) is 11.6 Å². The van der Waals surface area contributed by atoms with E-state index in [0.29, 0.717) is 12.2 Å². The van der Waals surface area contributed by atoms with Crippen LogP contribution < -0.4 is 10.6 Å². The van der Waals surface area contributed by atoms with E-state index in [1.54, 1.807) is 6.92 Å². The molecule has 0 saturated carbocycles. The van der Waals surface area contributed by atoms with Gasteiger partial charge in [-0.1, -0.05) is 6.92 Å². The Labute approximate surface area is 99.2 Å². The molecule has 0 spiro atoms. The van der Waals surface area contributed by atoms with E-state index >= 15 is 0 Å². The van der Waals surface area contributed by atoms with Gasteiger partial charge in [0.1, 0.15) is 6.04 Å². The minimum absolute atomic E-state index is 0.170. The fraction of sp³-hybridized carbons (Fsp3) is 0.417. The predicted octanol–water partition coefficient (Wildman–Crippen LogP) is 2.29. The van der Waals surface area contributed by atoms with E-state index in [0.717, 1.165) is 18.6 Å². The lowest BCUT2D eigenvalue weighted by Crippen LogP contribution is -2.37. The molecule has 1 aromatic carbocycles. The normalized spacial score (nSPS) is 12.0. The van der Waals surface area contributed by atoms with Crippen molar-refractivity contribution in [3.05, 3.63) is 29.8 Å². The first-order chi connectivity index (χ1) is 8.04. The second-order valence-corrected chi connectivity index (χ2v) is 3.79. The topological polar surface area (TPSA) is 41.1 Å². The Kier molecular flexibility index (Phi) is 4.87. The monoisotopic (exact) mass is 242 g/mol. The second kappa shape index (κ2) is 6.18. The molecule has 2 N–H and O–H groups in total. The summed E-state index contributed by atoms with van der Waals surface area (Å²) in [5.74, 6) is -2.01. The van der Waals surface area contributed by atoms with Crippen molar-refractivity contribution in [1.29, 1.82) is 0 Å². The molecule has 0 fully saturated rings. The van der Waals surface area contributed by atoms with Crippen LogP contribution >= 0.6 is 0 Å². The van der Waals surface area contributed by atoms with E-state index in [4.69, 9.17) is 0 Å². The van der Waals surface area contributed by atoms with Gasteiger partial charge >= 0.3 is 0 Å². The summed E-state index contributed by atoms with van der Waals surface area (Å²) in [7, 11) is 0. The van der Waals surface area contributed by atoms with Crippen LogP contribution in [0.2, 0.25) is 0 Å². The minimum Gasteiger partial charge on any atom is -0.374 e. The summed E-state index contributed by atoms with van der Waals surface area (Å²) < 4.78 is 25.6. The van der Waals surface area contributed by atoms with Crippen LogP contribution in [0.15, 0.2) is 18.2 Å². The van der Waals surface area contributed by atoms with E-state index in [1.807, 2.05) is 6.92 Å². The van der Waals surface area contributed by atoms with Gasteiger partial charge in [0, 0.05) is 18.3 Å². The molecule has 0 aliphatic carbocycles. The minimum atomic E-state index is -0.934. The zero-order chi connectivity index (χ0) is 12.8. The lowest BCUT2D eigenvalue weighted by molar-refractivity contribution is -0.121. The molecular weight excluding hydrogens is 226 g/mol. The van der Waals surface area contributed by atoms with E-state index in [-0.39, 0.29) is 5.91 Å². The third-order valence-corrected chi connectivity index (χ3v) is 2.25. The summed E-state index contributed by atoms with van der Waals surface area (Å²) in [5, 5.41) is 5.51. The Morgan fingerprint density at radius 3 is 2.65 bits per heavy atom. The maximum atomic E-state index is 12.9. The highest BCUT2D eigenvalue weighted by molar-refractivity contribution is 5.84. The molecule has 0 saturated heterocycles. The number of hydrogen-bond donors (Lipinski definition) is 2. The molecule has 3 nitrogen and oxygen atoms in total. The molecule has 0 aliphatic heterocycles. The van der Waals surface area contributed by atoms with E-state index in [1.165, 1.54) is 6.07 Å². The van der Waals surface area contributed by atoms with Crippen LogP contribution in [0.4, 0.5) is 14.5 Å². The maximum Gasteiger partial charge on any atom is 0.242 e. The average molecular weight is 242 g/mol. The highest BCUT2D eigenvalue weighted by atomic mass is 19.2. The molecule has 5 heteroatoms. The number of amides is 1. The van der Waals surface area contributed by atoms with Crippen LogP contribution in [0.25, 0.3) is 0 Å². The summed E-state index contributed by atoms with van der Waals surface area (Å²) in [6.45, 7) is 4.21. The van der Waals surface area contributed by atoms with Crippen molar-refractivity contribution in [2.75, 3.05) is 11.9 Å². The van der Waals surface area contributed by atoms with Gasteiger partial charge in [-0.05, 0) is 25.5 Å². The lowest BCUT2D eigenvalue weighted by Gasteiger charge is -2.15. The van der Waals surface area contributed by atoms with E-state index in [9.17, 15) is 13.6 Å². The van der Waals surface area contributed by atoms with Crippen molar-refractivity contribution < 1.29 is 13.6 Å². The molecule has 1 aromatic rings. The number of hydrogen-bond acceptors (Lipinski definition) is 2. The van der Waals surface area contributed by atoms with Crippen molar-refractivity contribution in [1.82, 2.24) is 5.32 Å². The van der Waals surface area contributed by atoms with Gasteiger partial charge < -0.3 is 10.6 Å². The average Bonchev–Trinajstić information content (AvgIpc) is 2.30. The SMILES string of the molecule is CCCNC(=O)C(C)Nc1ccc(F)c(F)c1. The molecule has 0 bridgehead atoms. The summed E-state index contributed by atoms with van der Waals surface area (Å²) >= 11 is 0. The molecule has 17 heavy (non-hydrogen) atoms. The number of carbonyl (C=O) groups is 1. The van der Waals surface area contributed by atoms with Gasteiger partial charge in [-0.2, -0.15) is 0 Å². The Morgan fingerprint density at radius 2 is 2.06 bits per heavy atom. The van der Waals surface area contributed by atoms with Crippen LogP contribution in [0.1, 0.15) is 20.3 Å². The smallest absolute Gasteiger partial charge is 0.242 e. The lowest BCUT2D eigenvalue weighted by atomic mass is 10.2. The zero-order valence-electron chi connectivity index (χ0n) is 9.89. The maximum absolute atomic E-state index is 12.9. The first kappa shape index (κ1) is 13.4. The molecule has 0 heterocycles. The number of halogens is 2. The van der Waals surface area contributed by atoms with Crippen molar-refractivity contribution in [2.24, 2.45) is 0 Å². The highest BCUT2D eigenvalue weighted by Crippen LogP contribution is 2.13. The van der Waals surface area contributed by atoms with Crippen LogP contribution in [0.3, 0.4) is 0 Å². The summed E-state index contributed by atoms with van der Waals surface area (Å²) in [5.41, 5.74) is 0.378. The number of anilines is 1. The first-order valence-electron chi connectivity index (χ1n) is 5.54. The standard InChI is InChI=1S/C12H16F2N2O/c1-3-6-15-12(17)8(2)16-9-4-5-10(13)11(14)7-9/h4-5,7-8,16H,3,6H2,1-2H3,(H,15,17). The molecule has 94 valence electrons. The van der Waals surface area contributed by atoms with Crippen LogP contribution in [-0.2, 0) is 4.79 Å². The Morgan fingerprint density at radius 1 is 1.35 bits per heavy atom. The highest BCUT2D eigenvalue weighted by Gasteiger charge is 2.12. The van der Waals surface area contributed by atoms with Gasteiger partial charge in [0.05, 0.1) is 0 Å². The summed E-state index contributed by atoms with van der Waals surface area (Å²) in [6, 6.07) is 2.95. The third kappa shape index (κ3) is 4.01. The van der Waals surface area contributed by atoms with Gasteiger partial charge in [0.25, 0.3) is 0 Å². The van der Waals surface area contributed by atoms with E-state index < -0.39 is 17.7 Å². The molecule has 0 aromatic heterocycles. The van der Waals surface area contributed by atoms with Gasteiger partial charge in [0.2, 0.25) is 5.91 Å². The third-order valence-electron chi connectivity index (χ3n) is 2.25. The number of rotatable bonds is 5. The number of nitrogens with one attached hydrogen (secondary N) is 2. The Bertz CT molecular complexity index is 396. The van der Waals surface area contributed by atoms with E-state index in [2.05, 4.69) is 10.6 Å². The first-order valence-corrected chi connectivity index (χ1v) is 5.54. The van der Waals surface area contributed by atoms with Crippen LogP contribution in [-0.4, -0.2) is 18.5 Å². The number of carbonyl (C=O) groups excluding carboxylic acids is 1. The second-order valence-electron chi connectivity index (χ2n) is 3.79. The molecule has 1 unspecified atom stereocenters.